The van der Waals surface area contributed by atoms with E-state index in [9.17, 15) is 22.0 Å². The van der Waals surface area contributed by atoms with Gasteiger partial charge in [0.25, 0.3) is 0 Å². The van der Waals surface area contributed by atoms with Crippen molar-refractivity contribution in [1.29, 1.82) is 0 Å². The van der Waals surface area contributed by atoms with E-state index in [0.717, 1.165) is 17.0 Å². The third-order valence-corrected chi connectivity index (χ3v) is 4.64. The average molecular weight is 369 g/mol. The summed E-state index contributed by atoms with van der Waals surface area (Å²) in [7, 11) is -3.70. The molecule has 0 aliphatic carbocycles. The molecule has 9 heteroatoms. The molecule has 0 radical (unpaired) electrons. The van der Waals surface area contributed by atoms with E-state index in [4.69, 9.17) is 5.14 Å². The molecule has 20 heavy (non-hydrogen) atoms. The molecule has 110 valence electrons. The number of carbonyl (C=O) groups excluding carboxylic acids is 1. The van der Waals surface area contributed by atoms with Crippen molar-refractivity contribution in [2.24, 2.45) is 11.1 Å². The zero-order valence-corrected chi connectivity index (χ0v) is 12.5. The lowest BCUT2D eigenvalue weighted by Crippen LogP contribution is -2.28. The number of rotatable bonds is 3. The van der Waals surface area contributed by atoms with E-state index >= 15 is 0 Å². The summed E-state index contributed by atoms with van der Waals surface area (Å²) in [6.45, 7) is 0.0320. The van der Waals surface area contributed by atoms with Crippen LogP contribution in [0.2, 0.25) is 0 Å². The van der Waals surface area contributed by atoms with Gasteiger partial charge in [-0.1, -0.05) is 0 Å². The molecule has 1 aliphatic rings. The Morgan fingerprint density at radius 1 is 1.40 bits per heavy atom. The van der Waals surface area contributed by atoms with Gasteiger partial charge in [-0.25, -0.2) is 22.3 Å². The molecular weight excluding hydrogens is 358 g/mol. The Hall–Kier alpha value is -1.06. The lowest BCUT2D eigenvalue weighted by atomic mass is 10.1. The van der Waals surface area contributed by atoms with Crippen LogP contribution in [0.25, 0.3) is 0 Å². The van der Waals surface area contributed by atoms with Crippen molar-refractivity contribution >= 4 is 37.5 Å². The first kappa shape index (κ1) is 15.3. The second-order valence-electron chi connectivity index (χ2n) is 4.60. The molecule has 0 spiro atoms. The number of halogens is 3. The zero-order valence-electron chi connectivity index (χ0n) is 10.1. The lowest BCUT2D eigenvalue weighted by Gasteiger charge is -2.18. The van der Waals surface area contributed by atoms with Crippen LogP contribution in [0.1, 0.15) is 6.42 Å². The van der Waals surface area contributed by atoms with Crippen molar-refractivity contribution in [3.63, 3.8) is 0 Å². The summed E-state index contributed by atoms with van der Waals surface area (Å²) >= 11 is 2.76. The molecule has 2 rings (SSSR count). The Morgan fingerprint density at radius 2 is 2.05 bits per heavy atom. The van der Waals surface area contributed by atoms with E-state index in [2.05, 4.69) is 15.9 Å². The van der Waals surface area contributed by atoms with E-state index in [-0.39, 0.29) is 28.9 Å². The van der Waals surface area contributed by atoms with Crippen molar-refractivity contribution in [3.05, 3.63) is 28.2 Å². The number of amides is 1. The third kappa shape index (κ3) is 3.15. The van der Waals surface area contributed by atoms with Gasteiger partial charge in [0.05, 0.1) is 15.9 Å². The topological polar surface area (TPSA) is 80.5 Å². The monoisotopic (exact) mass is 368 g/mol. The van der Waals surface area contributed by atoms with Gasteiger partial charge in [-0.2, -0.15) is 0 Å². The smallest absolute Gasteiger partial charge is 0.227 e. The second kappa shape index (κ2) is 5.38. The number of sulfonamides is 1. The van der Waals surface area contributed by atoms with Crippen molar-refractivity contribution < 1.29 is 22.0 Å². The number of hydrogen-bond donors (Lipinski definition) is 1. The van der Waals surface area contributed by atoms with Crippen molar-refractivity contribution in [2.45, 2.75) is 6.42 Å². The van der Waals surface area contributed by atoms with Crippen LogP contribution in [0.3, 0.4) is 0 Å². The van der Waals surface area contributed by atoms with Crippen LogP contribution in [0.15, 0.2) is 16.6 Å². The molecule has 0 bridgehead atoms. The average Bonchev–Trinajstić information content (AvgIpc) is 2.65. The van der Waals surface area contributed by atoms with Crippen LogP contribution < -0.4 is 10.0 Å². The molecule has 0 aromatic heterocycles. The zero-order chi connectivity index (χ0) is 15.1. The first-order valence-electron chi connectivity index (χ1n) is 5.63. The molecule has 1 aromatic rings. The maximum Gasteiger partial charge on any atom is 0.227 e. The third-order valence-electron chi connectivity index (χ3n) is 2.98. The normalized spacial score (nSPS) is 19.7. The highest BCUT2D eigenvalue weighted by Crippen LogP contribution is 2.32. The summed E-state index contributed by atoms with van der Waals surface area (Å²) in [5.41, 5.74) is -0.0832. The highest BCUT2D eigenvalue weighted by Gasteiger charge is 2.34. The molecule has 1 amide bonds. The largest absolute Gasteiger partial charge is 0.309 e. The fourth-order valence-electron chi connectivity index (χ4n) is 2.18. The summed E-state index contributed by atoms with van der Waals surface area (Å²) in [6, 6.07) is 2.18. The Kier molecular flexibility index (Phi) is 4.12. The SMILES string of the molecule is NS(=O)(=O)CC1CC(=O)N(c2ccc(F)c(Br)c2F)C1. The van der Waals surface area contributed by atoms with Gasteiger partial charge in [0.1, 0.15) is 5.82 Å². The number of carbonyl (C=O) groups is 1. The fourth-order valence-corrected chi connectivity index (χ4v) is 3.39. The van der Waals surface area contributed by atoms with Gasteiger partial charge >= 0.3 is 0 Å². The minimum atomic E-state index is -3.70. The Labute approximate surface area is 122 Å². The van der Waals surface area contributed by atoms with Gasteiger partial charge in [0.2, 0.25) is 15.9 Å². The molecule has 1 fully saturated rings. The van der Waals surface area contributed by atoms with Crippen molar-refractivity contribution in [3.8, 4) is 0 Å². The molecule has 0 saturated carbocycles. The van der Waals surface area contributed by atoms with Gasteiger partial charge in [0, 0.05) is 18.9 Å². The maximum absolute atomic E-state index is 13.9. The molecule has 1 heterocycles. The van der Waals surface area contributed by atoms with Crippen LogP contribution in [-0.4, -0.2) is 26.6 Å². The standard InChI is InChI=1S/C11H11BrF2N2O3S/c12-10-7(13)1-2-8(11(10)14)16-4-6(3-9(16)17)5-20(15,18)19/h1-2,6H,3-5H2,(H2,15,18,19). The summed E-state index contributed by atoms with van der Waals surface area (Å²) in [5.74, 6) is -2.94. The minimum absolute atomic E-state index is 0.0320. The molecule has 1 aliphatic heterocycles. The molecular formula is C11H11BrF2N2O3S. The molecule has 1 aromatic carbocycles. The van der Waals surface area contributed by atoms with Gasteiger partial charge in [0.15, 0.2) is 5.82 Å². The highest BCUT2D eigenvalue weighted by molar-refractivity contribution is 9.10. The summed E-state index contributed by atoms with van der Waals surface area (Å²) in [4.78, 5) is 12.9. The van der Waals surface area contributed by atoms with E-state index in [1.54, 1.807) is 0 Å². The van der Waals surface area contributed by atoms with E-state index in [1.165, 1.54) is 0 Å². The first-order chi connectivity index (χ1) is 9.19. The highest BCUT2D eigenvalue weighted by atomic mass is 79.9. The molecule has 2 N–H and O–H groups in total. The molecule has 1 saturated heterocycles. The van der Waals surface area contributed by atoms with E-state index in [1.807, 2.05) is 0 Å². The summed E-state index contributed by atoms with van der Waals surface area (Å²) in [6.07, 6.45) is -0.0368. The Morgan fingerprint density at radius 3 is 2.65 bits per heavy atom. The van der Waals surface area contributed by atoms with E-state index in [0.29, 0.717) is 0 Å². The summed E-state index contributed by atoms with van der Waals surface area (Å²) in [5, 5.41) is 4.93. The number of benzene rings is 1. The van der Waals surface area contributed by atoms with Crippen LogP contribution in [0.4, 0.5) is 14.5 Å². The number of nitrogens with zero attached hydrogens (tertiary/aromatic N) is 1. The van der Waals surface area contributed by atoms with E-state index < -0.39 is 33.5 Å². The Balaban J connectivity index is 2.27. The maximum atomic E-state index is 13.9. The molecule has 5 nitrogen and oxygen atoms in total. The molecule has 1 unspecified atom stereocenters. The van der Waals surface area contributed by atoms with Crippen LogP contribution in [0, 0.1) is 17.6 Å². The van der Waals surface area contributed by atoms with Crippen molar-refractivity contribution in [1.82, 2.24) is 0 Å². The van der Waals surface area contributed by atoms with Gasteiger partial charge in [-0.05, 0) is 28.1 Å². The number of primary sulfonamides is 1. The minimum Gasteiger partial charge on any atom is -0.309 e. The number of nitrogens with two attached hydrogens (primary N) is 1. The number of hydrogen-bond acceptors (Lipinski definition) is 3. The van der Waals surface area contributed by atoms with Gasteiger partial charge in [-0.3, -0.25) is 4.79 Å². The second-order valence-corrected chi connectivity index (χ2v) is 7.05. The van der Waals surface area contributed by atoms with Crippen LogP contribution in [0.5, 0.6) is 0 Å². The quantitative estimate of drug-likeness (QED) is 0.818. The van der Waals surface area contributed by atoms with Gasteiger partial charge in [-0.15, -0.1) is 0 Å². The predicted molar refractivity (Wildman–Crippen MR) is 72.5 cm³/mol. The van der Waals surface area contributed by atoms with Crippen molar-refractivity contribution in [2.75, 3.05) is 17.2 Å². The fraction of sp³-hybridized carbons (Fsp3) is 0.364. The first-order valence-corrected chi connectivity index (χ1v) is 8.14. The Bertz CT molecular complexity index is 666. The van der Waals surface area contributed by atoms with Crippen LogP contribution >= 0.6 is 15.9 Å². The number of anilines is 1. The van der Waals surface area contributed by atoms with Gasteiger partial charge < -0.3 is 4.90 Å². The molecule has 1 atom stereocenters. The van der Waals surface area contributed by atoms with Crippen LogP contribution in [-0.2, 0) is 14.8 Å². The summed E-state index contributed by atoms with van der Waals surface area (Å²) < 4.78 is 48.8. The lowest BCUT2D eigenvalue weighted by molar-refractivity contribution is -0.117. The predicted octanol–water partition coefficient (Wildman–Crippen LogP) is 1.37.